The molecule has 0 saturated heterocycles. The monoisotopic (exact) mass is 367 g/mol. The maximum absolute atomic E-state index is 12.4. The lowest BCUT2D eigenvalue weighted by Crippen LogP contribution is -2.20. The van der Waals surface area contributed by atoms with Crippen LogP contribution in [0.25, 0.3) is 0 Å². The number of carbonyl (C=O) groups excluding carboxylic acids is 1. The van der Waals surface area contributed by atoms with Gasteiger partial charge in [-0.1, -0.05) is 0 Å². The maximum atomic E-state index is 12.4. The third kappa shape index (κ3) is 3.48. The van der Waals surface area contributed by atoms with E-state index in [1.165, 1.54) is 22.6 Å². The minimum Gasteiger partial charge on any atom is -0.402 e. The summed E-state index contributed by atoms with van der Waals surface area (Å²) in [5, 5.41) is 0. The normalized spacial score (nSPS) is 11.7. The molecule has 17 heavy (non-hydrogen) atoms. The second kappa shape index (κ2) is 5.10. The van der Waals surface area contributed by atoms with Gasteiger partial charge in [-0.05, 0) is 22.6 Å². The van der Waals surface area contributed by atoms with E-state index < -0.39 is 29.7 Å². The molecule has 0 unspecified atom stereocenters. The van der Waals surface area contributed by atoms with Crippen LogP contribution in [0.5, 0.6) is 5.75 Å². The Balaban J connectivity index is 3.36. The van der Waals surface area contributed by atoms with Gasteiger partial charge in [0.25, 0.3) is 6.43 Å². The zero-order valence-corrected chi connectivity index (χ0v) is 9.92. The van der Waals surface area contributed by atoms with E-state index in [-0.39, 0.29) is 9.99 Å². The van der Waals surface area contributed by atoms with Gasteiger partial charge in [0.1, 0.15) is 3.70 Å². The zero-order chi connectivity index (χ0) is 13.2. The summed E-state index contributed by atoms with van der Waals surface area (Å²) in [4.78, 5) is 13.9. The largest absolute Gasteiger partial charge is 0.573 e. The molecule has 0 radical (unpaired) electrons. The molecule has 0 aliphatic rings. The summed E-state index contributed by atoms with van der Waals surface area (Å²) in [5.41, 5.74) is -1.75. The third-order valence-electron chi connectivity index (χ3n) is 1.63. The van der Waals surface area contributed by atoms with E-state index in [1.807, 2.05) is 0 Å². The van der Waals surface area contributed by atoms with Crippen LogP contribution < -0.4 is 4.74 Å². The molecule has 0 aliphatic carbocycles. The molecule has 0 atom stereocenters. The van der Waals surface area contributed by atoms with Crippen molar-refractivity contribution in [1.29, 1.82) is 0 Å². The van der Waals surface area contributed by atoms with Gasteiger partial charge < -0.3 is 4.74 Å². The average molecular weight is 367 g/mol. The number of rotatable bonds is 3. The Kier molecular flexibility index (Phi) is 4.22. The number of nitrogens with zero attached hydrogens (tertiary/aromatic N) is 1. The molecule has 1 heterocycles. The lowest BCUT2D eigenvalue weighted by molar-refractivity contribution is -0.275. The van der Waals surface area contributed by atoms with Crippen LogP contribution in [-0.2, 0) is 0 Å². The van der Waals surface area contributed by atoms with Gasteiger partial charge in [0.05, 0.1) is 11.1 Å². The molecular formula is C8H3F5INO2. The number of carbonyl (C=O) groups is 1. The van der Waals surface area contributed by atoms with Crippen LogP contribution in [0.15, 0.2) is 6.20 Å². The van der Waals surface area contributed by atoms with Gasteiger partial charge in [0.2, 0.25) is 0 Å². The van der Waals surface area contributed by atoms with E-state index in [1.54, 1.807) is 0 Å². The Bertz CT molecular complexity index is 435. The fraction of sp³-hybridized carbons (Fsp3) is 0.250. The van der Waals surface area contributed by atoms with Gasteiger partial charge >= 0.3 is 6.36 Å². The summed E-state index contributed by atoms with van der Waals surface area (Å²) in [5.74, 6) is -1.01. The Hall–Kier alpha value is -1.00. The van der Waals surface area contributed by atoms with Crippen molar-refractivity contribution in [2.24, 2.45) is 0 Å². The summed E-state index contributed by atoms with van der Waals surface area (Å²) in [7, 11) is 0. The molecule has 1 aromatic rings. The Morgan fingerprint density at radius 3 is 2.41 bits per heavy atom. The highest BCUT2D eigenvalue weighted by molar-refractivity contribution is 14.1. The van der Waals surface area contributed by atoms with Crippen LogP contribution in [0.3, 0.4) is 0 Å². The van der Waals surface area contributed by atoms with Crippen LogP contribution in [0.2, 0.25) is 0 Å². The Labute approximate surface area is 105 Å². The van der Waals surface area contributed by atoms with Gasteiger partial charge in [-0.3, -0.25) is 4.79 Å². The number of halogens is 6. The Morgan fingerprint density at radius 2 is 2.00 bits per heavy atom. The van der Waals surface area contributed by atoms with Crippen LogP contribution in [0.4, 0.5) is 22.0 Å². The van der Waals surface area contributed by atoms with Crippen molar-refractivity contribution in [3.8, 4) is 5.75 Å². The van der Waals surface area contributed by atoms with Crippen LogP contribution in [-0.4, -0.2) is 17.6 Å². The van der Waals surface area contributed by atoms with Crippen molar-refractivity contribution in [1.82, 2.24) is 4.98 Å². The van der Waals surface area contributed by atoms with Crippen LogP contribution in [0.1, 0.15) is 22.3 Å². The molecule has 0 bridgehead atoms. The molecule has 1 aromatic heterocycles. The molecule has 0 aliphatic heterocycles. The fourth-order valence-electron chi connectivity index (χ4n) is 1.00. The van der Waals surface area contributed by atoms with Crippen LogP contribution in [0, 0.1) is 3.70 Å². The SMILES string of the molecule is O=Cc1c(C(F)F)cnc(I)c1OC(F)(F)F. The first-order valence-corrected chi connectivity index (χ1v) is 5.01. The van der Waals surface area contributed by atoms with E-state index in [0.717, 1.165) is 0 Å². The number of hydrogen-bond acceptors (Lipinski definition) is 3. The quantitative estimate of drug-likeness (QED) is 0.356. The standard InChI is InChI=1S/C8H3F5INO2/c9-6(10)3-1-15-7(14)5(4(3)2-16)17-8(11,12)13/h1-2,6H. The second-order valence-electron chi connectivity index (χ2n) is 2.71. The van der Waals surface area contributed by atoms with Crippen molar-refractivity contribution >= 4 is 28.9 Å². The lowest BCUT2D eigenvalue weighted by atomic mass is 10.1. The predicted molar refractivity (Wildman–Crippen MR) is 54.0 cm³/mol. The van der Waals surface area contributed by atoms with Crippen molar-refractivity contribution in [2.75, 3.05) is 0 Å². The molecule has 0 N–H and O–H groups in total. The first-order valence-electron chi connectivity index (χ1n) is 3.93. The molecule has 0 amide bonds. The highest BCUT2D eigenvalue weighted by Gasteiger charge is 2.34. The van der Waals surface area contributed by atoms with Gasteiger partial charge in [-0.15, -0.1) is 13.2 Å². The number of alkyl halides is 5. The lowest BCUT2D eigenvalue weighted by Gasteiger charge is -2.14. The molecule has 0 saturated carbocycles. The van der Waals surface area contributed by atoms with Crippen molar-refractivity contribution in [2.45, 2.75) is 12.8 Å². The third-order valence-corrected chi connectivity index (χ3v) is 2.40. The molecule has 1 rings (SSSR count). The number of aldehydes is 1. The highest BCUT2D eigenvalue weighted by Crippen LogP contribution is 2.34. The van der Waals surface area contributed by atoms with Gasteiger partial charge in [-0.2, -0.15) is 0 Å². The minimum absolute atomic E-state index is 0.119. The van der Waals surface area contributed by atoms with Crippen molar-refractivity contribution < 1.29 is 31.5 Å². The van der Waals surface area contributed by atoms with Gasteiger partial charge in [0.15, 0.2) is 12.0 Å². The van der Waals surface area contributed by atoms with Crippen molar-refractivity contribution in [3.05, 3.63) is 21.0 Å². The summed E-state index contributed by atoms with van der Waals surface area (Å²) < 4.78 is 64.1. The van der Waals surface area contributed by atoms with E-state index >= 15 is 0 Å². The molecule has 0 spiro atoms. The molecule has 94 valence electrons. The average Bonchev–Trinajstić information content (AvgIpc) is 2.18. The second-order valence-corrected chi connectivity index (χ2v) is 3.74. The summed E-state index contributed by atoms with van der Waals surface area (Å²) in [6, 6.07) is 0. The van der Waals surface area contributed by atoms with E-state index in [4.69, 9.17) is 0 Å². The number of pyridine rings is 1. The molecular weight excluding hydrogens is 364 g/mol. The smallest absolute Gasteiger partial charge is 0.402 e. The number of ether oxygens (including phenoxy) is 1. The van der Waals surface area contributed by atoms with Crippen molar-refractivity contribution in [3.63, 3.8) is 0 Å². The zero-order valence-electron chi connectivity index (χ0n) is 7.76. The predicted octanol–water partition coefficient (Wildman–Crippen LogP) is 3.33. The number of aromatic nitrogens is 1. The first kappa shape index (κ1) is 14.1. The van der Waals surface area contributed by atoms with E-state index in [9.17, 15) is 26.7 Å². The van der Waals surface area contributed by atoms with E-state index in [2.05, 4.69) is 9.72 Å². The molecule has 9 heteroatoms. The summed E-state index contributed by atoms with van der Waals surface area (Å²) in [6.07, 6.45) is -7.68. The summed E-state index contributed by atoms with van der Waals surface area (Å²) in [6.45, 7) is 0. The topological polar surface area (TPSA) is 39.2 Å². The minimum atomic E-state index is -5.08. The Morgan fingerprint density at radius 1 is 1.41 bits per heavy atom. The van der Waals surface area contributed by atoms with E-state index in [0.29, 0.717) is 6.20 Å². The summed E-state index contributed by atoms with van der Waals surface area (Å²) >= 11 is 1.35. The van der Waals surface area contributed by atoms with Crippen LogP contribution >= 0.6 is 22.6 Å². The fourth-order valence-corrected chi connectivity index (χ4v) is 1.54. The van der Waals surface area contributed by atoms with Gasteiger partial charge in [0, 0.05) is 6.20 Å². The number of hydrogen-bond donors (Lipinski definition) is 0. The molecule has 0 aromatic carbocycles. The maximum Gasteiger partial charge on any atom is 0.573 e. The molecule has 0 fully saturated rings. The first-order chi connectivity index (χ1) is 7.76. The molecule has 3 nitrogen and oxygen atoms in total. The van der Waals surface area contributed by atoms with Gasteiger partial charge in [-0.25, -0.2) is 13.8 Å². The highest BCUT2D eigenvalue weighted by atomic mass is 127.